The van der Waals surface area contributed by atoms with Crippen LogP contribution in [0.25, 0.3) is 0 Å². The number of nitrogens with zero attached hydrogens (tertiary/aromatic N) is 1. The van der Waals surface area contributed by atoms with Gasteiger partial charge >= 0.3 is 6.18 Å². The number of hydrogen-bond donors (Lipinski definition) is 0. The zero-order valence-corrected chi connectivity index (χ0v) is 12.2. The molecule has 0 unspecified atom stereocenters. The normalized spacial score (nSPS) is 11.5. The molecule has 21 heavy (non-hydrogen) atoms. The number of rotatable bonds is 4. The molecular formula is C16H15ClF3N. The monoisotopic (exact) mass is 313 g/mol. The molecule has 2 rings (SSSR count). The van der Waals surface area contributed by atoms with Gasteiger partial charge in [0.15, 0.2) is 0 Å². The van der Waals surface area contributed by atoms with Crippen LogP contribution in [0.2, 0.25) is 0 Å². The Kier molecular flexibility index (Phi) is 4.78. The summed E-state index contributed by atoms with van der Waals surface area (Å²) in [5.41, 5.74) is 0.664. The van der Waals surface area contributed by atoms with Crippen molar-refractivity contribution in [1.82, 2.24) is 0 Å². The van der Waals surface area contributed by atoms with Crippen LogP contribution in [0.3, 0.4) is 0 Å². The average Bonchev–Trinajstić information content (AvgIpc) is 2.48. The van der Waals surface area contributed by atoms with E-state index in [1.807, 2.05) is 13.0 Å². The molecule has 0 amide bonds. The Morgan fingerprint density at radius 2 is 1.71 bits per heavy atom. The summed E-state index contributed by atoms with van der Waals surface area (Å²) >= 11 is 5.65. The Bertz CT molecular complexity index is 596. The summed E-state index contributed by atoms with van der Waals surface area (Å²) in [6.45, 7) is 2.26. The van der Waals surface area contributed by atoms with Gasteiger partial charge in [-0.25, -0.2) is 0 Å². The highest BCUT2D eigenvalue weighted by Gasteiger charge is 2.35. The van der Waals surface area contributed by atoms with Gasteiger partial charge in [0.05, 0.1) is 11.3 Å². The third-order valence-electron chi connectivity index (χ3n) is 3.20. The fourth-order valence-corrected chi connectivity index (χ4v) is 2.39. The van der Waals surface area contributed by atoms with Crippen molar-refractivity contribution in [2.45, 2.75) is 19.0 Å². The van der Waals surface area contributed by atoms with Gasteiger partial charge in [-0.1, -0.05) is 24.3 Å². The van der Waals surface area contributed by atoms with Gasteiger partial charge in [-0.3, -0.25) is 0 Å². The molecule has 0 radical (unpaired) electrons. The summed E-state index contributed by atoms with van der Waals surface area (Å²) in [4.78, 5) is 1.64. The first kappa shape index (κ1) is 15.7. The van der Waals surface area contributed by atoms with Crippen molar-refractivity contribution in [3.63, 3.8) is 0 Å². The third-order valence-corrected chi connectivity index (χ3v) is 3.50. The van der Waals surface area contributed by atoms with E-state index >= 15 is 0 Å². The highest BCUT2D eigenvalue weighted by molar-refractivity contribution is 6.17. The minimum atomic E-state index is -4.42. The minimum Gasteiger partial charge on any atom is -0.341 e. The number of benzene rings is 2. The highest BCUT2D eigenvalue weighted by Crippen LogP contribution is 2.39. The van der Waals surface area contributed by atoms with Gasteiger partial charge in [-0.15, -0.1) is 11.6 Å². The van der Waals surface area contributed by atoms with Crippen molar-refractivity contribution < 1.29 is 13.2 Å². The maximum atomic E-state index is 13.3. The molecule has 0 saturated heterocycles. The molecule has 0 aliphatic carbocycles. The number of halogens is 4. The summed E-state index contributed by atoms with van der Waals surface area (Å²) in [6, 6.07) is 13.3. The fraction of sp³-hybridized carbons (Fsp3) is 0.250. The SMILES string of the molecule is CCN(c1ccccc1)c1ccc(CCl)cc1C(F)(F)F. The van der Waals surface area contributed by atoms with Crippen LogP contribution >= 0.6 is 11.6 Å². The number of para-hydroxylation sites is 1. The van der Waals surface area contributed by atoms with Gasteiger partial charge in [0.1, 0.15) is 0 Å². The van der Waals surface area contributed by atoms with Crippen LogP contribution in [0.15, 0.2) is 48.5 Å². The van der Waals surface area contributed by atoms with E-state index in [0.717, 1.165) is 11.8 Å². The fourth-order valence-electron chi connectivity index (χ4n) is 2.23. The van der Waals surface area contributed by atoms with E-state index < -0.39 is 11.7 Å². The first-order valence-corrected chi connectivity index (χ1v) is 7.09. The molecule has 112 valence electrons. The average molecular weight is 314 g/mol. The molecule has 0 fully saturated rings. The van der Waals surface area contributed by atoms with E-state index in [2.05, 4.69) is 0 Å². The van der Waals surface area contributed by atoms with Gasteiger partial charge in [0.2, 0.25) is 0 Å². The second kappa shape index (κ2) is 6.39. The lowest BCUT2D eigenvalue weighted by molar-refractivity contribution is -0.137. The molecule has 0 bridgehead atoms. The lowest BCUT2D eigenvalue weighted by Gasteiger charge is -2.27. The number of hydrogen-bond acceptors (Lipinski definition) is 1. The van der Waals surface area contributed by atoms with Gasteiger partial charge in [0, 0.05) is 18.1 Å². The maximum absolute atomic E-state index is 13.3. The summed E-state index contributed by atoms with van der Waals surface area (Å²) in [5.74, 6) is 0.0564. The van der Waals surface area contributed by atoms with Crippen LogP contribution in [0, 0.1) is 0 Å². The predicted octanol–water partition coefficient (Wildman–Crippen LogP) is 5.60. The molecular weight excluding hydrogens is 299 g/mol. The lowest BCUT2D eigenvalue weighted by Crippen LogP contribution is -2.20. The van der Waals surface area contributed by atoms with E-state index in [0.29, 0.717) is 12.1 Å². The first-order valence-electron chi connectivity index (χ1n) is 6.56. The Hall–Kier alpha value is -1.68. The molecule has 5 heteroatoms. The molecule has 0 aliphatic rings. The third kappa shape index (κ3) is 3.50. The van der Waals surface area contributed by atoms with Crippen LogP contribution < -0.4 is 4.90 Å². The van der Waals surface area contributed by atoms with Crippen molar-refractivity contribution in [2.24, 2.45) is 0 Å². The van der Waals surface area contributed by atoms with E-state index in [4.69, 9.17) is 11.6 Å². The van der Waals surface area contributed by atoms with Crippen molar-refractivity contribution >= 4 is 23.0 Å². The van der Waals surface area contributed by atoms with Crippen molar-refractivity contribution in [2.75, 3.05) is 11.4 Å². The number of anilines is 2. The molecule has 2 aromatic rings. The molecule has 0 spiro atoms. The first-order chi connectivity index (χ1) is 9.97. The van der Waals surface area contributed by atoms with E-state index in [1.165, 1.54) is 6.07 Å². The Morgan fingerprint density at radius 3 is 2.24 bits per heavy atom. The molecule has 0 heterocycles. The largest absolute Gasteiger partial charge is 0.418 e. The zero-order valence-electron chi connectivity index (χ0n) is 11.5. The quantitative estimate of drug-likeness (QED) is 0.664. The topological polar surface area (TPSA) is 3.24 Å². The molecule has 0 saturated carbocycles. The van der Waals surface area contributed by atoms with E-state index in [9.17, 15) is 13.2 Å². The van der Waals surface area contributed by atoms with Crippen molar-refractivity contribution in [3.8, 4) is 0 Å². The van der Waals surface area contributed by atoms with Gasteiger partial charge < -0.3 is 4.90 Å². The summed E-state index contributed by atoms with van der Waals surface area (Å²) < 4.78 is 39.9. The minimum absolute atomic E-state index is 0.0564. The zero-order chi connectivity index (χ0) is 15.5. The molecule has 1 nitrogen and oxygen atoms in total. The van der Waals surface area contributed by atoms with Crippen LogP contribution in [0.5, 0.6) is 0 Å². The summed E-state index contributed by atoms with van der Waals surface area (Å²) in [7, 11) is 0. The standard InChI is InChI=1S/C16H15ClF3N/c1-2-21(13-6-4-3-5-7-13)15-9-8-12(11-17)10-14(15)16(18,19)20/h3-10H,2,11H2,1H3. The molecule has 0 atom stereocenters. The molecule has 0 aliphatic heterocycles. The second-order valence-electron chi connectivity index (χ2n) is 4.56. The van der Waals surface area contributed by atoms with Crippen molar-refractivity contribution in [1.29, 1.82) is 0 Å². The Balaban J connectivity index is 2.56. The summed E-state index contributed by atoms with van der Waals surface area (Å²) in [5, 5.41) is 0. The smallest absolute Gasteiger partial charge is 0.341 e. The van der Waals surface area contributed by atoms with E-state index in [1.54, 1.807) is 35.2 Å². The van der Waals surface area contributed by atoms with Crippen molar-refractivity contribution in [3.05, 3.63) is 59.7 Å². The van der Waals surface area contributed by atoms with Crippen LogP contribution in [-0.2, 0) is 12.1 Å². The van der Waals surface area contributed by atoms with Gasteiger partial charge in [0.25, 0.3) is 0 Å². The number of alkyl halides is 4. The maximum Gasteiger partial charge on any atom is 0.418 e. The van der Waals surface area contributed by atoms with Crippen LogP contribution in [0.1, 0.15) is 18.1 Å². The van der Waals surface area contributed by atoms with E-state index in [-0.39, 0.29) is 11.6 Å². The van der Waals surface area contributed by atoms with Gasteiger partial charge in [-0.2, -0.15) is 13.2 Å². The molecule has 2 aromatic carbocycles. The predicted molar refractivity (Wildman–Crippen MR) is 80.1 cm³/mol. The molecule has 0 aromatic heterocycles. The summed E-state index contributed by atoms with van der Waals surface area (Å²) in [6.07, 6.45) is -4.42. The Morgan fingerprint density at radius 1 is 1.05 bits per heavy atom. The van der Waals surface area contributed by atoms with Crippen LogP contribution in [-0.4, -0.2) is 6.54 Å². The highest BCUT2D eigenvalue weighted by atomic mass is 35.5. The van der Waals surface area contributed by atoms with Crippen LogP contribution in [0.4, 0.5) is 24.5 Å². The Labute approximate surface area is 127 Å². The van der Waals surface area contributed by atoms with Gasteiger partial charge in [-0.05, 0) is 36.8 Å². The lowest BCUT2D eigenvalue weighted by atomic mass is 10.1. The molecule has 0 N–H and O–H groups in total. The second-order valence-corrected chi connectivity index (χ2v) is 4.83.